The summed E-state index contributed by atoms with van der Waals surface area (Å²) >= 11 is 0. The van der Waals surface area contributed by atoms with Gasteiger partial charge in [0, 0.05) is 23.6 Å². The average Bonchev–Trinajstić information content (AvgIpc) is 3.43. The van der Waals surface area contributed by atoms with Gasteiger partial charge in [0.2, 0.25) is 5.88 Å². The summed E-state index contributed by atoms with van der Waals surface area (Å²) in [6.07, 6.45) is 7.92. The molecule has 46 heavy (non-hydrogen) atoms. The van der Waals surface area contributed by atoms with E-state index in [1.807, 2.05) is 18.2 Å². The lowest BCUT2D eigenvalue weighted by molar-refractivity contribution is -0.122. The molecule has 1 fully saturated rings. The number of ether oxygens (including phenoxy) is 2. The standard InChI is InChI=1S/C30H34FN7O4S.CH2O2/c1-17(2)30-36-27(19-6-10-24(23(31)12-19)37-43(39,40)22-9-11-26(41-3)33-13-22)28-29(32)34-14-25(38(28)30)18-4-7-20(8-5-18)35-21-15-42-16-21;2-1-3/h4,6,9-14,17,20-21,35,37H,5,7-8,15-16H2,1-3H3,(H2,32,34);1H,(H,2,3). The van der Waals surface area contributed by atoms with Crippen molar-refractivity contribution in [2.75, 3.05) is 30.8 Å². The number of allylic oxidation sites excluding steroid dienone is 1. The van der Waals surface area contributed by atoms with E-state index >= 15 is 4.39 Å². The number of fused-ring (bicyclic) bond motifs is 1. The number of aromatic nitrogens is 4. The molecule has 4 heterocycles. The molecule has 13 nitrogen and oxygen atoms in total. The average molecular weight is 654 g/mol. The number of carboxylic acid groups (broad SMARTS) is 1. The van der Waals surface area contributed by atoms with E-state index in [4.69, 9.17) is 30.1 Å². The van der Waals surface area contributed by atoms with Gasteiger partial charge in [0.15, 0.2) is 0 Å². The van der Waals surface area contributed by atoms with Crippen LogP contribution in [-0.4, -0.2) is 71.8 Å². The van der Waals surface area contributed by atoms with Gasteiger partial charge >= 0.3 is 0 Å². The van der Waals surface area contributed by atoms with Crippen LogP contribution in [0, 0.1) is 5.82 Å². The Bertz CT molecular complexity index is 1860. The van der Waals surface area contributed by atoms with Gasteiger partial charge in [-0.2, -0.15) is 0 Å². The number of nitrogens with one attached hydrogen (secondary N) is 2. The van der Waals surface area contributed by atoms with Crippen molar-refractivity contribution in [3.63, 3.8) is 0 Å². The van der Waals surface area contributed by atoms with Crippen LogP contribution in [0.2, 0.25) is 0 Å². The van der Waals surface area contributed by atoms with Gasteiger partial charge in [-0.1, -0.05) is 26.0 Å². The van der Waals surface area contributed by atoms with Gasteiger partial charge in [-0.15, -0.1) is 0 Å². The van der Waals surface area contributed by atoms with Crippen molar-refractivity contribution in [3.8, 4) is 17.1 Å². The number of nitrogens with two attached hydrogens (primary N) is 1. The Morgan fingerprint density at radius 1 is 1.17 bits per heavy atom. The van der Waals surface area contributed by atoms with E-state index in [1.165, 1.54) is 31.4 Å². The summed E-state index contributed by atoms with van der Waals surface area (Å²) in [6.45, 7) is 5.36. The SMILES string of the molecule is COc1ccc(S(=O)(=O)Nc2ccc(-c3nc(C(C)C)n4c(C5=CCC(NC6COC6)CC5)cnc(N)c34)cc2F)cn1.O=CO. The zero-order chi connectivity index (χ0) is 33.0. The molecule has 0 amide bonds. The summed E-state index contributed by atoms with van der Waals surface area (Å²) in [4.78, 5) is 21.6. The van der Waals surface area contributed by atoms with Crippen molar-refractivity contribution in [1.82, 2.24) is 24.7 Å². The first-order valence-electron chi connectivity index (χ1n) is 14.7. The molecule has 1 aromatic carbocycles. The van der Waals surface area contributed by atoms with Crippen molar-refractivity contribution < 1.29 is 32.2 Å². The van der Waals surface area contributed by atoms with Gasteiger partial charge in [0.1, 0.15) is 33.6 Å². The van der Waals surface area contributed by atoms with Crippen LogP contribution >= 0.6 is 0 Å². The Kier molecular flexibility index (Phi) is 9.84. The predicted molar refractivity (Wildman–Crippen MR) is 171 cm³/mol. The predicted octanol–water partition coefficient (Wildman–Crippen LogP) is 4.07. The normalized spacial score (nSPS) is 16.7. The van der Waals surface area contributed by atoms with Crippen LogP contribution in [0.15, 0.2) is 53.7 Å². The zero-order valence-corrected chi connectivity index (χ0v) is 26.4. The molecule has 244 valence electrons. The number of sulfonamides is 1. The molecule has 1 saturated heterocycles. The number of nitrogens with zero attached hydrogens (tertiary/aromatic N) is 4. The van der Waals surface area contributed by atoms with Gasteiger partial charge in [-0.3, -0.25) is 13.9 Å². The maximum absolute atomic E-state index is 15.4. The lowest BCUT2D eigenvalue weighted by atomic mass is 9.92. The van der Waals surface area contributed by atoms with Crippen LogP contribution in [0.1, 0.15) is 50.5 Å². The molecule has 1 unspecified atom stereocenters. The Morgan fingerprint density at radius 2 is 1.93 bits per heavy atom. The second-order valence-corrected chi connectivity index (χ2v) is 12.9. The second kappa shape index (κ2) is 13.8. The number of imidazole rings is 1. The molecule has 0 radical (unpaired) electrons. The van der Waals surface area contributed by atoms with Crippen LogP contribution in [-0.2, 0) is 19.6 Å². The number of methoxy groups -OCH3 is 1. The molecular weight excluding hydrogens is 617 g/mol. The second-order valence-electron chi connectivity index (χ2n) is 11.2. The molecule has 15 heteroatoms. The number of pyridine rings is 1. The van der Waals surface area contributed by atoms with Crippen molar-refractivity contribution in [2.24, 2.45) is 0 Å². The van der Waals surface area contributed by atoms with Crippen molar-refractivity contribution in [3.05, 3.63) is 66.1 Å². The highest BCUT2D eigenvalue weighted by Gasteiger charge is 2.27. The van der Waals surface area contributed by atoms with Crippen molar-refractivity contribution in [1.29, 1.82) is 0 Å². The van der Waals surface area contributed by atoms with E-state index < -0.39 is 15.8 Å². The molecule has 1 atom stereocenters. The number of nitrogen functional groups attached to an aromatic ring is 1. The lowest BCUT2D eigenvalue weighted by Crippen LogP contribution is -2.50. The fourth-order valence-electron chi connectivity index (χ4n) is 5.46. The summed E-state index contributed by atoms with van der Waals surface area (Å²) in [5.74, 6) is 0.589. The highest BCUT2D eigenvalue weighted by atomic mass is 32.2. The molecule has 5 N–H and O–H groups in total. The van der Waals surface area contributed by atoms with Gasteiger partial charge in [-0.05, 0) is 43.0 Å². The molecule has 0 saturated carbocycles. The van der Waals surface area contributed by atoms with Gasteiger partial charge in [0.05, 0.1) is 50.1 Å². The molecule has 1 aliphatic carbocycles. The summed E-state index contributed by atoms with van der Waals surface area (Å²) < 4.78 is 55.8. The number of anilines is 2. The first kappa shape index (κ1) is 32.8. The summed E-state index contributed by atoms with van der Waals surface area (Å²) in [5, 5.41) is 10.5. The lowest BCUT2D eigenvalue weighted by Gasteiger charge is -2.33. The summed E-state index contributed by atoms with van der Waals surface area (Å²) in [7, 11) is -2.66. The van der Waals surface area contributed by atoms with Crippen LogP contribution < -0.4 is 20.5 Å². The number of hydrogen-bond donors (Lipinski definition) is 4. The zero-order valence-electron chi connectivity index (χ0n) is 25.6. The highest BCUT2D eigenvalue weighted by molar-refractivity contribution is 7.92. The first-order valence-corrected chi connectivity index (χ1v) is 16.1. The Hall–Kier alpha value is -4.60. The maximum atomic E-state index is 15.4. The number of carbonyl (C=O) groups is 1. The third-order valence-corrected chi connectivity index (χ3v) is 9.14. The third kappa shape index (κ3) is 6.80. The quantitative estimate of drug-likeness (QED) is 0.191. The van der Waals surface area contributed by atoms with Crippen LogP contribution in [0.25, 0.3) is 22.3 Å². The van der Waals surface area contributed by atoms with Gasteiger partial charge < -0.3 is 25.6 Å². The molecule has 3 aromatic heterocycles. The Labute approximate surface area is 265 Å². The molecule has 0 bridgehead atoms. The summed E-state index contributed by atoms with van der Waals surface area (Å²) in [6, 6.07) is 7.82. The van der Waals surface area contributed by atoms with Crippen LogP contribution in [0.5, 0.6) is 5.88 Å². The van der Waals surface area contributed by atoms with Crippen molar-refractivity contribution in [2.45, 2.75) is 56.0 Å². The number of hydrogen-bond acceptors (Lipinski definition) is 10. The minimum atomic E-state index is -4.09. The molecular formula is C31H36FN7O6S. The highest BCUT2D eigenvalue weighted by Crippen LogP contribution is 2.36. The third-order valence-electron chi connectivity index (χ3n) is 7.79. The monoisotopic (exact) mass is 653 g/mol. The minimum Gasteiger partial charge on any atom is -0.483 e. The van der Waals surface area contributed by atoms with E-state index in [-0.39, 0.29) is 34.7 Å². The topological polar surface area (TPSA) is 183 Å². The largest absolute Gasteiger partial charge is 0.483 e. The van der Waals surface area contributed by atoms with Gasteiger partial charge in [-0.25, -0.2) is 27.8 Å². The molecule has 1 aliphatic heterocycles. The van der Waals surface area contributed by atoms with E-state index in [1.54, 1.807) is 12.3 Å². The smallest absolute Gasteiger partial charge is 0.290 e. The van der Waals surface area contributed by atoms with Crippen LogP contribution in [0.3, 0.4) is 0 Å². The number of rotatable bonds is 9. The fraction of sp³-hybridized carbons (Fsp3) is 0.355. The van der Waals surface area contributed by atoms with Crippen LogP contribution in [0.4, 0.5) is 15.9 Å². The van der Waals surface area contributed by atoms with Crippen molar-refractivity contribution >= 4 is 39.1 Å². The molecule has 6 rings (SSSR count). The van der Waals surface area contributed by atoms with E-state index in [9.17, 15) is 8.42 Å². The van der Waals surface area contributed by atoms with E-state index in [0.29, 0.717) is 28.9 Å². The summed E-state index contributed by atoms with van der Waals surface area (Å²) in [5.41, 5.74) is 9.81. The fourth-order valence-corrected chi connectivity index (χ4v) is 6.47. The van der Waals surface area contributed by atoms with E-state index in [2.05, 4.69) is 26.1 Å². The van der Waals surface area contributed by atoms with E-state index in [0.717, 1.165) is 55.8 Å². The Morgan fingerprint density at radius 3 is 2.50 bits per heavy atom. The maximum Gasteiger partial charge on any atom is 0.290 e. The molecule has 0 spiro atoms. The number of halogens is 1. The van der Waals surface area contributed by atoms with Gasteiger partial charge in [0.25, 0.3) is 16.5 Å². The molecule has 4 aromatic rings. The minimum absolute atomic E-state index is 0.0352. The first-order chi connectivity index (χ1) is 22.1. The molecule has 2 aliphatic rings. The Balaban J connectivity index is 0.00000134. The number of benzene rings is 1.